The van der Waals surface area contributed by atoms with Crippen LogP contribution in [0.25, 0.3) is 77.1 Å². The average molecular weight is 607 g/mol. The Morgan fingerprint density at radius 2 is 0.957 bits per heavy atom. The Morgan fingerprint density at radius 3 is 1.53 bits per heavy atom. The number of fused-ring (bicyclic) bond motifs is 3. The van der Waals surface area contributed by atoms with E-state index in [1.165, 1.54) is 54.6 Å². The molecule has 0 aliphatic heterocycles. The summed E-state index contributed by atoms with van der Waals surface area (Å²) < 4.78 is 0. The second-order valence-electron chi connectivity index (χ2n) is 11.0. The van der Waals surface area contributed by atoms with Crippen LogP contribution in [-0.2, 0) is 0 Å². The van der Waals surface area contributed by atoms with Crippen LogP contribution in [0.2, 0.25) is 0 Å². The van der Waals surface area contributed by atoms with E-state index in [9.17, 15) is 0 Å². The minimum absolute atomic E-state index is 0.872. The lowest BCUT2D eigenvalue weighted by molar-refractivity contribution is 1.25. The summed E-state index contributed by atoms with van der Waals surface area (Å²) in [4.78, 5) is 9.18. The summed E-state index contributed by atoms with van der Waals surface area (Å²) >= 11 is 0. The average Bonchev–Trinajstić information content (AvgIpc) is 3.15. The molecule has 0 unspecified atom stereocenters. The van der Waals surface area contributed by atoms with Gasteiger partial charge in [-0.3, -0.25) is 9.97 Å². The van der Waals surface area contributed by atoms with Crippen molar-refractivity contribution in [2.75, 3.05) is 0 Å². The highest BCUT2D eigenvalue weighted by Crippen LogP contribution is 2.44. The Hall–Kier alpha value is -5.86. The second kappa shape index (κ2) is 14.5. The van der Waals surface area contributed by atoms with Gasteiger partial charge < -0.3 is 0 Å². The van der Waals surface area contributed by atoms with Gasteiger partial charge in [-0.05, 0) is 97.4 Å². The molecule has 0 spiro atoms. The third-order valence-electron chi connectivity index (χ3n) is 8.15. The van der Waals surface area contributed by atoms with Gasteiger partial charge in [0.2, 0.25) is 0 Å². The van der Waals surface area contributed by atoms with Crippen LogP contribution in [-0.4, -0.2) is 9.97 Å². The van der Waals surface area contributed by atoms with Crippen LogP contribution in [0.3, 0.4) is 0 Å². The first kappa shape index (κ1) is 31.1. The van der Waals surface area contributed by atoms with Crippen molar-refractivity contribution in [3.05, 3.63) is 171 Å². The normalized spacial score (nSPS) is 10.5. The molecule has 0 fully saturated rings. The maximum Gasteiger partial charge on any atom is 0.0886 e. The molecule has 0 aliphatic rings. The standard InChI is InChI=1S/C40H26N2.C3H6.C2H6/c1-2-11-28-24-31(20-19-27(28)10-1)40-35-16-5-3-14-33(35)39(34-15-4-6-17-36(34)40)30-13-9-12-29(25-30)32-21-22-38(42-26-32)37-18-7-8-23-41-37;1-3-2;1-2/h1-26H;3H,1H2,2H3;1-2H3. The number of benzene rings is 6. The van der Waals surface area contributed by atoms with E-state index in [1.54, 1.807) is 12.3 Å². The number of hydrogen-bond donors (Lipinski definition) is 0. The van der Waals surface area contributed by atoms with E-state index in [4.69, 9.17) is 4.98 Å². The van der Waals surface area contributed by atoms with Crippen LogP contribution in [0.5, 0.6) is 0 Å². The Morgan fingerprint density at radius 1 is 0.447 bits per heavy atom. The minimum atomic E-state index is 0.872. The van der Waals surface area contributed by atoms with Gasteiger partial charge >= 0.3 is 0 Å². The fraction of sp³-hybridized carbons (Fsp3) is 0.0667. The number of nitrogens with zero attached hydrogens (tertiary/aromatic N) is 2. The predicted molar refractivity (Wildman–Crippen MR) is 204 cm³/mol. The number of rotatable bonds is 4. The highest BCUT2D eigenvalue weighted by Gasteiger charge is 2.17. The van der Waals surface area contributed by atoms with Crippen molar-refractivity contribution < 1.29 is 0 Å². The monoisotopic (exact) mass is 606 g/mol. The first-order valence-corrected chi connectivity index (χ1v) is 16.2. The molecule has 2 aromatic heterocycles. The molecule has 2 nitrogen and oxygen atoms in total. The molecule has 0 saturated carbocycles. The minimum Gasteiger partial charge on any atom is -0.255 e. The summed E-state index contributed by atoms with van der Waals surface area (Å²) in [7, 11) is 0. The van der Waals surface area contributed by atoms with Crippen molar-refractivity contribution in [2.45, 2.75) is 20.8 Å². The van der Waals surface area contributed by atoms with Crippen molar-refractivity contribution in [3.63, 3.8) is 0 Å². The first-order chi connectivity index (χ1) is 23.2. The van der Waals surface area contributed by atoms with Crippen molar-refractivity contribution in [2.24, 2.45) is 0 Å². The van der Waals surface area contributed by atoms with Crippen LogP contribution in [0, 0.1) is 0 Å². The quantitative estimate of drug-likeness (QED) is 0.147. The number of hydrogen-bond acceptors (Lipinski definition) is 2. The summed E-state index contributed by atoms with van der Waals surface area (Å²) in [5, 5.41) is 7.52. The summed E-state index contributed by atoms with van der Waals surface area (Å²) in [6, 6.07) is 52.0. The Balaban J connectivity index is 0.000000733. The van der Waals surface area contributed by atoms with Crippen LogP contribution < -0.4 is 0 Å². The van der Waals surface area contributed by atoms with Gasteiger partial charge in [0.25, 0.3) is 0 Å². The molecule has 0 radical (unpaired) electrons. The third-order valence-corrected chi connectivity index (χ3v) is 8.15. The molecule has 228 valence electrons. The molecule has 0 atom stereocenters. The summed E-state index contributed by atoms with van der Waals surface area (Å²) in [5.41, 5.74) is 8.93. The van der Waals surface area contributed by atoms with Gasteiger partial charge in [-0.2, -0.15) is 0 Å². The molecule has 2 heterocycles. The Kier molecular flexibility index (Phi) is 9.60. The predicted octanol–water partition coefficient (Wildman–Crippen LogP) is 12.8. The summed E-state index contributed by atoms with van der Waals surface area (Å²) in [5.74, 6) is 0. The van der Waals surface area contributed by atoms with Crippen molar-refractivity contribution >= 4 is 32.3 Å². The molecule has 8 rings (SSSR count). The van der Waals surface area contributed by atoms with Crippen LogP contribution in [0.4, 0.5) is 0 Å². The molecular weight excluding hydrogens is 569 g/mol. The number of allylic oxidation sites excluding steroid dienone is 1. The first-order valence-electron chi connectivity index (χ1n) is 16.2. The summed E-state index contributed by atoms with van der Waals surface area (Å²) in [6.07, 6.45) is 5.50. The molecule has 8 aromatic rings. The zero-order valence-corrected chi connectivity index (χ0v) is 27.2. The van der Waals surface area contributed by atoms with Crippen molar-refractivity contribution in [1.29, 1.82) is 0 Å². The maximum absolute atomic E-state index is 4.73. The van der Waals surface area contributed by atoms with Gasteiger partial charge in [-0.25, -0.2) is 0 Å². The van der Waals surface area contributed by atoms with Crippen LogP contribution in [0.1, 0.15) is 20.8 Å². The molecule has 47 heavy (non-hydrogen) atoms. The Labute approximate surface area is 277 Å². The molecule has 0 amide bonds. The zero-order valence-electron chi connectivity index (χ0n) is 27.2. The maximum atomic E-state index is 4.73. The molecule has 0 aliphatic carbocycles. The van der Waals surface area contributed by atoms with E-state index in [0.29, 0.717) is 0 Å². The molecule has 0 N–H and O–H groups in total. The molecule has 0 saturated heterocycles. The molecule has 0 bridgehead atoms. The Bertz CT molecular complexity index is 2230. The summed E-state index contributed by atoms with van der Waals surface area (Å²) in [6.45, 7) is 9.25. The lowest BCUT2D eigenvalue weighted by Crippen LogP contribution is -1.91. The fourth-order valence-corrected chi connectivity index (χ4v) is 6.18. The fourth-order valence-electron chi connectivity index (χ4n) is 6.18. The van der Waals surface area contributed by atoms with Gasteiger partial charge in [-0.15, -0.1) is 6.58 Å². The van der Waals surface area contributed by atoms with E-state index in [2.05, 4.69) is 133 Å². The van der Waals surface area contributed by atoms with Crippen molar-refractivity contribution in [3.8, 4) is 44.8 Å². The van der Waals surface area contributed by atoms with E-state index in [-0.39, 0.29) is 0 Å². The number of aromatic nitrogens is 2. The highest BCUT2D eigenvalue weighted by molar-refractivity contribution is 6.21. The largest absolute Gasteiger partial charge is 0.255 e. The molecular formula is C45H38N2. The van der Waals surface area contributed by atoms with Crippen LogP contribution in [0.15, 0.2) is 171 Å². The lowest BCUT2D eigenvalue weighted by atomic mass is 9.85. The van der Waals surface area contributed by atoms with Crippen LogP contribution >= 0.6 is 0 Å². The second-order valence-corrected chi connectivity index (χ2v) is 11.0. The highest BCUT2D eigenvalue weighted by atomic mass is 14.8. The van der Waals surface area contributed by atoms with E-state index in [1.807, 2.05) is 51.2 Å². The van der Waals surface area contributed by atoms with Gasteiger partial charge in [0, 0.05) is 18.0 Å². The zero-order chi connectivity index (χ0) is 32.6. The third kappa shape index (κ3) is 6.32. The van der Waals surface area contributed by atoms with Gasteiger partial charge in [-0.1, -0.05) is 135 Å². The van der Waals surface area contributed by atoms with Gasteiger partial charge in [0.15, 0.2) is 0 Å². The molecule has 6 aromatic carbocycles. The topological polar surface area (TPSA) is 25.8 Å². The van der Waals surface area contributed by atoms with E-state index in [0.717, 1.165) is 22.5 Å². The van der Waals surface area contributed by atoms with Gasteiger partial charge in [0.1, 0.15) is 0 Å². The van der Waals surface area contributed by atoms with Gasteiger partial charge in [0.05, 0.1) is 11.4 Å². The van der Waals surface area contributed by atoms with Crippen molar-refractivity contribution in [1.82, 2.24) is 9.97 Å². The van der Waals surface area contributed by atoms with E-state index < -0.39 is 0 Å². The lowest BCUT2D eigenvalue weighted by Gasteiger charge is -2.18. The molecule has 2 heteroatoms. The smallest absolute Gasteiger partial charge is 0.0886 e. The van der Waals surface area contributed by atoms with E-state index >= 15 is 0 Å². The SMILES string of the molecule is C=CC.CC.c1ccc(-c2ccc(-c3cccc(-c4c5ccccc5c(-c5ccc6ccccc6c5)c5ccccc45)c3)cn2)nc1. The number of pyridine rings is 2.